The minimum absolute atomic E-state index is 0.0150. The molecule has 2 N–H and O–H groups in total. The Hall–Kier alpha value is -1.14. The summed E-state index contributed by atoms with van der Waals surface area (Å²) in [6.07, 6.45) is 4.22. The van der Waals surface area contributed by atoms with Crippen LogP contribution in [0.3, 0.4) is 0 Å². The Morgan fingerprint density at radius 1 is 1.43 bits per heavy atom. The normalized spacial score (nSPS) is 19.3. The smallest absolute Gasteiger partial charge is 0.315 e. The van der Waals surface area contributed by atoms with E-state index < -0.39 is 0 Å². The summed E-state index contributed by atoms with van der Waals surface area (Å²) in [5, 5.41) is 8.31. The number of hydrogen-bond donors (Lipinski definition) is 2. The summed E-state index contributed by atoms with van der Waals surface area (Å²) < 4.78 is 0. The summed E-state index contributed by atoms with van der Waals surface area (Å²) in [6.45, 7) is 9.47. The Labute approximate surface area is 143 Å². The van der Waals surface area contributed by atoms with Crippen LogP contribution in [0, 0.1) is 5.92 Å². The molecule has 1 aromatic rings. The quantitative estimate of drug-likeness (QED) is 0.802. The Morgan fingerprint density at radius 3 is 2.78 bits per heavy atom. The molecule has 1 fully saturated rings. The number of nitrogens with zero attached hydrogens (tertiary/aromatic N) is 2. The van der Waals surface area contributed by atoms with Gasteiger partial charge in [-0.1, -0.05) is 20.3 Å². The molecule has 0 aliphatic carbocycles. The van der Waals surface area contributed by atoms with Crippen molar-refractivity contribution >= 4 is 17.4 Å². The van der Waals surface area contributed by atoms with E-state index in [1.54, 1.807) is 11.3 Å². The summed E-state index contributed by atoms with van der Waals surface area (Å²) in [6, 6.07) is 0.506. The number of thiazole rings is 1. The summed E-state index contributed by atoms with van der Waals surface area (Å²) in [5.41, 5.74) is 3.03. The highest BCUT2D eigenvalue weighted by Gasteiger charge is 2.21. The Bertz CT molecular complexity index is 457. The van der Waals surface area contributed by atoms with Crippen LogP contribution in [0.15, 0.2) is 10.9 Å². The predicted octanol–water partition coefficient (Wildman–Crippen LogP) is 3.23. The lowest BCUT2D eigenvalue weighted by molar-refractivity contribution is 0.184. The maximum absolute atomic E-state index is 12.1. The van der Waals surface area contributed by atoms with Crippen molar-refractivity contribution in [2.24, 2.45) is 5.92 Å². The van der Waals surface area contributed by atoms with Gasteiger partial charge in [-0.15, -0.1) is 11.3 Å². The number of nitrogens with one attached hydrogen (secondary N) is 2. The summed E-state index contributed by atoms with van der Waals surface area (Å²) in [5.74, 6) is 0.652. The molecule has 1 aliphatic rings. The van der Waals surface area contributed by atoms with Gasteiger partial charge in [-0.3, -0.25) is 4.90 Å². The molecule has 2 amide bonds. The van der Waals surface area contributed by atoms with Gasteiger partial charge in [-0.25, -0.2) is 9.78 Å². The van der Waals surface area contributed by atoms with Crippen molar-refractivity contribution in [2.45, 2.75) is 65.1 Å². The summed E-state index contributed by atoms with van der Waals surface area (Å²) >= 11 is 1.65. The van der Waals surface area contributed by atoms with Crippen molar-refractivity contribution in [2.75, 3.05) is 13.1 Å². The lowest BCUT2D eigenvalue weighted by atomic mass is 10.0. The average molecular weight is 339 g/mol. The molecule has 1 saturated heterocycles. The molecule has 23 heavy (non-hydrogen) atoms. The predicted molar refractivity (Wildman–Crippen MR) is 95.6 cm³/mol. The molecule has 1 aromatic heterocycles. The third kappa shape index (κ3) is 6.47. The summed E-state index contributed by atoms with van der Waals surface area (Å²) in [4.78, 5) is 18.8. The molecule has 130 valence electrons. The van der Waals surface area contributed by atoms with Gasteiger partial charge in [0.1, 0.15) is 0 Å². The zero-order chi connectivity index (χ0) is 16.7. The molecule has 2 atom stereocenters. The van der Waals surface area contributed by atoms with Gasteiger partial charge in [-0.2, -0.15) is 0 Å². The topological polar surface area (TPSA) is 57.3 Å². The maximum atomic E-state index is 12.1. The number of hydrogen-bond acceptors (Lipinski definition) is 4. The molecule has 0 bridgehead atoms. The number of aromatic nitrogens is 1. The van der Waals surface area contributed by atoms with Crippen LogP contribution >= 0.6 is 11.3 Å². The van der Waals surface area contributed by atoms with E-state index in [-0.39, 0.29) is 18.1 Å². The number of piperidine rings is 1. The van der Waals surface area contributed by atoms with Gasteiger partial charge in [0.05, 0.1) is 11.2 Å². The highest BCUT2D eigenvalue weighted by atomic mass is 32.1. The highest BCUT2D eigenvalue weighted by molar-refractivity contribution is 7.07. The molecule has 2 heterocycles. The number of carbonyl (C=O) groups is 1. The van der Waals surface area contributed by atoms with Crippen molar-refractivity contribution in [3.63, 3.8) is 0 Å². The van der Waals surface area contributed by atoms with Crippen molar-refractivity contribution < 1.29 is 4.79 Å². The monoisotopic (exact) mass is 338 g/mol. The largest absolute Gasteiger partial charge is 0.336 e. The van der Waals surface area contributed by atoms with Gasteiger partial charge >= 0.3 is 6.03 Å². The fraction of sp³-hybridized carbons (Fsp3) is 0.765. The standard InChI is InChI=1S/C17H30N4OS/c1-4-13(2)9-14(3)19-17(22)20-15-5-7-21(8-6-15)10-16-11-23-12-18-16/h11-15H,4-10H2,1-3H3,(H2,19,20,22). The second kappa shape index (κ2) is 9.23. The SMILES string of the molecule is CCC(C)CC(C)NC(=O)NC1CCN(Cc2cscn2)CC1. The Morgan fingerprint density at radius 2 is 2.17 bits per heavy atom. The van der Waals surface area contributed by atoms with Crippen LogP contribution in [-0.2, 0) is 6.54 Å². The fourth-order valence-corrected chi connectivity index (χ4v) is 3.61. The Kier molecular flexibility index (Phi) is 7.30. The van der Waals surface area contributed by atoms with Crippen LogP contribution in [0.2, 0.25) is 0 Å². The zero-order valence-corrected chi connectivity index (χ0v) is 15.4. The van der Waals surface area contributed by atoms with Crippen LogP contribution in [0.4, 0.5) is 4.79 Å². The number of likely N-dealkylation sites (tertiary alicyclic amines) is 1. The molecule has 0 spiro atoms. The first-order valence-electron chi connectivity index (χ1n) is 8.73. The van der Waals surface area contributed by atoms with E-state index in [9.17, 15) is 4.79 Å². The van der Waals surface area contributed by atoms with Crippen molar-refractivity contribution in [1.29, 1.82) is 0 Å². The molecule has 0 aromatic carbocycles. The molecular weight excluding hydrogens is 308 g/mol. The van der Waals surface area contributed by atoms with Gasteiger partial charge in [-0.05, 0) is 32.1 Å². The number of rotatable bonds is 7. The first-order chi connectivity index (χ1) is 11.1. The number of carbonyl (C=O) groups excluding carboxylic acids is 1. The molecule has 5 nitrogen and oxygen atoms in total. The second-order valence-corrected chi connectivity index (χ2v) is 7.52. The third-order valence-corrected chi connectivity index (χ3v) is 5.26. The van der Waals surface area contributed by atoms with Crippen LogP contribution < -0.4 is 10.6 Å². The molecular formula is C17H30N4OS. The second-order valence-electron chi connectivity index (χ2n) is 6.80. The zero-order valence-electron chi connectivity index (χ0n) is 14.5. The van der Waals surface area contributed by atoms with Gasteiger partial charge in [0, 0.05) is 37.1 Å². The lowest BCUT2D eigenvalue weighted by Gasteiger charge is -2.32. The van der Waals surface area contributed by atoms with Gasteiger partial charge < -0.3 is 10.6 Å². The maximum Gasteiger partial charge on any atom is 0.315 e. The van der Waals surface area contributed by atoms with E-state index in [1.807, 2.05) is 5.51 Å². The van der Waals surface area contributed by atoms with Crippen LogP contribution in [-0.4, -0.2) is 41.1 Å². The van der Waals surface area contributed by atoms with Gasteiger partial charge in [0.15, 0.2) is 0 Å². The van der Waals surface area contributed by atoms with Crippen molar-refractivity contribution in [1.82, 2.24) is 20.5 Å². The molecule has 0 saturated carbocycles. The minimum Gasteiger partial charge on any atom is -0.336 e. The highest BCUT2D eigenvalue weighted by Crippen LogP contribution is 2.14. The first kappa shape index (κ1) is 18.2. The molecule has 0 radical (unpaired) electrons. The molecule has 2 rings (SSSR count). The van der Waals surface area contributed by atoms with Crippen molar-refractivity contribution in [3.05, 3.63) is 16.6 Å². The molecule has 2 unspecified atom stereocenters. The van der Waals surface area contributed by atoms with Crippen LogP contribution in [0.1, 0.15) is 52.1 Å². The number of amides is 2. The minimum atomic E-state index is -0.0150. The average Bonchev–Trinajstić information content (AvgIpc) is 3.01. The number of urea groups is 1. The van der Waals surface area contributed by atoms with Gasteiger partial charge in [0.25, 0.3) is 0 Å². The van der Waals surface area contributed by atoms with E-state index in [1.165, 1.54) is 0 Å². The summed E-state index contributed by atoms with van der Waals surface area (Å²) in [7, 11) is 0. The van der Waals surface area contributed by atoms with Crippen molar-refractivity contribution in [3.8, 4) is 0 Å². The lowest BCUT2D eigenvalue weighted by Crippen LogP contribution is -2.49. The van der Waals surface area contributed by atoms with Crippen LogP contribution in [0.5, 0.6) is 0 Å². The molecule has 1 aliphatic heterocycles. The van der Waals surface area contributed by atoms with E-state index in [2.05, 4.69) is 46.7 Å². The Balaban J connectivity index is 1.64. The van der Waals surface area contributed by atoms with E-state index >= 15 is 0 Å². The van der Waals surface area contributed by atoms with E-state index in [4.69, 9.17) is 0 Å². The van der Waals surface area contributed by atoms with Gasteiger partial charge in [0.2, 0.25) is 0 Å². The third-order valence-electron chi connectivity index (χ3n) is 4.62. The fourth-order valence-electron chi connectivity index (χ4n) is 3.06. The van der Waals surface area contributed by atoms with Crippen LogP contribution in [0.25, 0.3) is 0 Å². The first-order valence-corrected chi connectivity index (χ1v) is 9.67. The van der Waals surface area contributed by atoms with E-state index in [0.29, 0.717) is 5.92 Å². The van der Waals surface area contributed by atoms with E-state index in [0.717, 1.165) is 51.0 Å². The molecule has 6 heteroatoms.